The Morgan fingerprint density at radius 1 is 1.33 bits per heavy atom. The second kappa shape index (κ2) is 3.72. The second-order valence-electron chi connectivity index (χ2n) is 2.72. The molecule has 0 saturated carbocycles. The Bertz CT molecular complexity index is 410. The summed E-state index contributed by atoms with van der Waals surface area (Å²) in [5.41, 5.74) is -1.98. The normalized spacial score (nSPS) is 11.1. The zero-order chi connectivity index (χ0) is 11.6. The molecule has 0 radical (unpaired) electrons. The maximum absolute atomic E-state index is 12.2. The molecule has 1 rings (SSSR count). The van der Waals surface area contributed by atoms with E-state index < -0.39 is 28.8 Å². The predicted molar refractivity (Wildman–Crippen MR) is 43.8 cm³/mol. The third kappa shape index (κ3) is 2.34. The molecule has 0 fully saturated rings. The Morgan fingerprint density at radius 2 is 1.93 bits per heavy atom. The lowest BCUT2D eigenvalue weighted by Gasteiger charge is -2.07. The van der Waals surface area contributed by atoms with Crippen LogP contribution in [-0.2, 0) is 6.18 Å². The number of carbonyl (C=O) groups is 2. The van der Waals surface area contributed by atoms with Crippen LogP contribution in [0.4, 0.5) is 13.2 Å². The van der Waals surface area contributed by atoms with Gasteiger partial charge in [-0.2, -0.15) is 13.2 Å². The number of benzene rings is 1. The number of hydrogen-bond donors (Lipinski definition) is 1. The van der Waals surface area contributed by atoms with Crippen LogP contribution in [0.2, 0.25) is 0 Å². The molecule has 0 heterocycles. The van der Waals surface area contributed by atoms with Crippen LogP contribution in [0.3, 0.4) is 0 Å². The standard InChI is InChI=1S/C9H5F3O3/c10-9(11,12)6-1-2-7(8(14)15)5(3-6)4-13/h1-4H,(H,14,15). The SMILES string of the molecule is O=Cc1cc(C(F)(F)F)ccc1C(=O)O. The van der Waals surface area contributed by atoms with Gasteiger partial charge in [0.05, 0.1) is 11.1 Å². The first kappa shape index (κ1) is 11.2. The molecule has 0 aliphatic rings. The largest absolute Gasteiger partial charge is 0.478 e. The van der Waals surface area contributed by atoms with Crippen molar-refractivity contribution in [2.75, 3.05) is 0 Å². The summed E-state index contributed by atoms with van der Waals surface area (Å²) < 4.78 is 36.5. The summed E-state index contributed by atoms with van der Waals surface area (Å²) in [5.74, 6) is -1.44. The van der Waals surface area contributed by atoms with Gasteiger partial charge in [-0.05, 0) is 18.2 Å². The van der Waals surface area contributed by atoms with E-state index >= 15 is 0 Å². The van der Waals surface area contributed by atoms with Crippen LogP contribution in [0.1, 0.15) is 26.3 Å². The van der Waals surface area contributed by atoms with Gasteiger partial charge in [-0.15, -0.1) is 0 Å². The molecule has 15 heavy (non-hydrogen) atoms. The number of carboxylic acids is 1. The third-order valence-corrected chi connectivity index (χ3v) is 1.74. The average Bonchev–Trinajstić information content (AvgIpc) is 2.15. The van der Waals surface area contributed by atoms with Crippen molar-refractivity contribution in [2.45, 2.75) is 6.18 Å². The van der Waals surface area contributed by atoms with E-state index in [1.165, 1.54) is 0 Å². The number of aldehydes is 1. The number of hydrogen-bond acceptors (Lipinski definition) is 2. The highest BCUT2D eigenvalue weighted by Crippen LogP contribution is 2.30. The van der Waals surface area contributed by atoms with Crippen molar-refractivity contribution in [3.63, 3.8) is 0 Å². The minimum Gasteiger partial charge on any atom is -0.478 e. The first-order valence-electron chi connectivity index (χ1n) is 3.76. The van der Waals surface area contributed by atoms with Crippen LogP contribution >= 0.6 is 0 Å². The van der Waals surface area contributed by atoms with Crippen molar-refractivity contribution in [2.24, 2.45) is 0 Å². The van der Waals surface area contributed by atoms with Gasteiger partial charge in [0, 0.05) is 5.56 Å². The van der Waals surface area contributed by atoms with E-state index in [-0.39, 0.29) is 6.29 Å². The Morgan fingerprint density at radius 3 is 2.33 bits per heavy atom. The fourth-order valence-electron chi connectivity index (χ4n) is 1.03. The Hall–Kier alpha value is -1.85. The van der Waals surface area contributed by atoms with Gasteiger partial charge in [-0.1, -0.05) is 0 Å². The lowest BCUT2D eigenvalue weighted by Crippen LogP contribution is -2.08. The molecule has 0 aromatic heterocycles. The Balaban J connectivity index is 3.31. The molecule has 1 N–H and O–H groups in total. The predicted octanol–water partition coefficient (Wildman–Crippen LogP) is 2.22. The molecule has 1 aromatic rings. The van der Waals surface area contributed by atoms with Crippen molar-refractivity contribution in [1.29, 1.82) is 0 Å². The van der Waals surface area contributed by atoms with Gasteiger partial charge in [0.25, 0.3) is 0 Å². The van der Waals surface area contributed by atoms with Crippen LogP contribution < -0.4 is 0 Å². The third-order valence-electron chi connectivity index (χ3n) is 1.74. The van der Waals surface area contributed by atoms with Crippen molar-refractivity contribution < 1.29 is 27.9 Å². The maximum atomic E-state index is 12.2. The van der Waals surface area contributed by atoms with Gasteiger partial charge in [-0.3, -0.25) is 4.79 Å². The first-order chi connectivity index (χ1) is 6.86. The highest BCUT2D eigenvalue weighted by Gasteiger charge is 2.31. The highest BCUT2D eigenvalue weighted by molar-refractivity contribution is 5.97. The van der Waals surface area contributed by atoms with Gasteiger partial charge >= 0.3 is 12.1 Å². The summed E-state index contributed by atoms with van der Waals surface area (Å²) >= 11 is 0. The fourth-order valence-corrected chi connectivity index (χ4v) is 1.03. The monoisotopic (exact) mass is 218 g/mol. The van der Waals surface area contributed by atoms with Gasteiger partial charge < -0.3 is 5.11 Å². The quantitative estimate of drug-likeness (QED) is 0.774. The molecule has 0 saturated heterocycles. The van der Waals surface area contributed by atoms with E-state index in [9.17, 15) is 22.8 Å². The number of alkyl halides is 3. The molecular weight excluding hydrogens is 213 g/mol. The van der Waals surface area contributed by atoms with Crippen molar-refractivity contribution in [3.05, 3.63) is 34.9 Å². The summed E-state index contributed by atoms with van der Waals surface area (Å²) in [6.07, 6.45) is -4.51. The number of rotatable bonds is 2. The average molecular weight is 218 g/mol. The zero-order valence-corrected chi connectivity index (χ0v) is 7.21. The molecule has 1 aromatic carbocycles. The Labute approximate surface area is 82.1 Å². The van der Waals surface area contributed by atoms with E-state index in [0.29, 0.717) is 12.1 Å². The van der Waals surface area contributed by atoms with Gasteiger partial charge in [0.2, 0.25) is 0 Å². The van der Waals surface area contributed by atoms with E-state index in [4.69, 9.17) is 5.11 Å². The van der Waals surface area contributed by atoms with Crippen molar-refractivity contribution in [3.8, 4) is 0 Å². The molecule has 0 spiro atoms. The molecule has 0 atom stereocenters. The Kier molecular flexibility index (Phi) is 2.78. The molecule has 3 nitrogen and oxygen atoms in total. The van der Waals surface area contributed by atoms with Crippen LogP contribution in [0.5, 0.6) is 0 Å². The van der Waals surface area contributed by atoms with Crippen molar-refractivity contribution >= 4 is 12.3 Å². The topological polar surface area (TPSA) is 54.4 Å². The molecule has 0 bridgehead atoms. The highest BCUT2D eigenvalue weighted by atomic mass is 19.4. The minimum absolute atomic E-state index is 0.0820. The van der Waals surface area contributed by atoms with E-state index in [0.717, 1.165) is 6.07 Å². The molecule has 0 amide bonds. The van der Waals surface area contributed by atoms with Crippen LogP contribution in [0, 0.1) is 0 Å². The molecule has 80 valence electrons. The maximum Gasteiger partial charge on any atom is 0.416 e. The molecule has 0 aliphatic carbocycles. The second-order valence-corrected chi connectivity index (χ2v) is 2.72. The lowest BCUT2D eigenvalue weighted by atomic mass is 10.0. The molecular formula is C9H5F3O3. The molecule has 6 heteroatoms. The van der Waals surface area contributed by atoms with Crippen LogP contribution in [0.15, 0.2) is 18.2 Å². The lowest BCUT2D eigenvalue weighted by molar-refractivity contribution is -0.137. The first-order valence-corrected chi connectivity index (χ1v) is 3.76. The van der Waals surface area contributed by atoms with Gasteiger partial charge in [0.1, 0.15) is 0 Å². The number of carbonyl (C=O) groups excluding carboxylic acids is 1. The summed E-state index contributed by atoms with van der Waals surface area (Å²) in [6, 6.07) is 1.89. The van der Waals surface area contributed by atoms with Crippen molar-refractivity contribution in [1.82, 2.24) is 0 Å². The number of aromatic carboxylic acids is 1. The van der Waals surface area contributed by atoms with Crippen LogP contribution in [-0.4, -0.2) is 17.4 Å². The summed E-state index contributed by atoms with van der Waals surface area (Å²) in [7, 11) is 0. The fraction of sp³-hybridized carbons (Fsp3) is 0.111. The van der Waals surface area contributed by atoms with E-state index in [2.05, 4.69) is 0 Å². The van der Waals surface area contributed by atoms with Gasteiger partial charge in [-0.25, -0.2) is 4.79 Å². The molecule has 0 unspecified atom stereocenters. The number of carboxylic acid groups (broad SMARTS) is 1. The number of halogens is 3. The van der Waals surface area contributed by atoms with Crippen LogP contribution in [0.25, 0.3) is 0 Å². The van der Waals surface area contributed by atoms with Gasteiger partial charge in [0.15, 0.2) is 6.29 Å². The summed E-state index contributed by atoms with van der Waals surface area (Å²) in [6.45, 7) is 0. The zero-order valence-electron chi connectivity index (χ0n) is 7.21. The van der Waals surface area contributed by atoms with E-state index in [1.807, 2.05) is 0 Å². The minimum atomic E-state index is -4.59. The smallest absolute Gasteiger partial charge is 0.416 e. The summed E-state index contributed by atoms with van der Waals surface area (Å²) in [4.78, 5) is 20.9. The molecule has 0 aliphatic heterocycles. The van der Waals surface area contributed by atoms with E-state index in [1.54, 1.807) is 0 Å². The summed E-state index contributed by atoms with van der Waals surface area (Å²) in [5, 5.41) is 8.55.